The molecule has 1 unspecified atom stereocenters. The van der Waals surface area contributed by atoms with Crippen molar-refractivity contribution in [2.45, 2.75) is 25.9 Å². The molecule has 3 heterocycles. The molecule has 6 nitrogen and oxygen atoms in total. The van der Waals surface area contributed by atoms with Crippen molar-refractivity contribution in [3.05, 3.63) is 41.2 Å². The van der Waals surface area contributed by atoms with Crippen LogP contribution in [0.4, 0.5) is 0 Å². The van der Waals surface area contributed by atoms with Crippen LogP contribution >= 0.6 is 11.3 Å². The van der Waals surface area contributed by atoms with Crippen LogP contribution < -0.4 is 11.3 Å². The molecular formula is C13H16N6S. The largest absolute Gasteiger partial charge is 0.271 e. The molecule has 0 saturated carbocycles. The van der Waals surface area contributed by atoms with Gasteiger partial charge in [-0.2, -0.15) is 0 Å². The molecule has 3 rings (SSSR count). The van der Waals surface area contributed by atoms with Crippen LogP contribution in [0.25, 0.3) is 10.2 Å². The second-order valence-corrected chi connectivity index (χ2v) is 5.50. The fourth-order valence-corrected chi connectivity index (χ4v) is 3.04. The smallest absolute Gasteiger partial charge is 0.0910 e. The molecule has 0 saturated heterocycles. The first-order valence-electron chi connectivity index (χ1n) is 6.51. The maximum absolute atomic E-state index is 5.74. The maximum atomic E-state index is 5.74. The second kappa shape index (κ2) is 5.66. The molecule has 0 aromatic carbocycles. The highest BCUT2D eigenvalue weighted by molar-refractivity contribution is 7.17. The maximum Gasteiger partial charge on any atom is 0.0910 e. The minimum absolute atomic E-state index is 0.157. The van der Waals surface area contributed by atoms with Crippen LogP contribution in [0.5, 0.6) is 0 Å². The van der Waals surface area contributed by atoms with Gasteiger partial charge in [0.1, 0.15) is 0 Å². The molecule has 0 amide bonds. The standard InChI is InChI=1S/C13H16N6S/c1-2-4-19-11(8-16-18-19)13(17-14)9-6-12-10(15-7-9)3-5-20-12/h3,5-8,13,17H,2,4,14H2,1H3. The van der Waals surface area contributed by atoms with Crippen LogP contribution in [-0.2, 0) is 6.54 Å². The molecule has 7 heteroatoms. The number of thiophene rings is 1. The topological polar surface area (TPSA) is 81.7 Å². The number of pyridine rings is 1. The van der Waals surface area contributed by atoms with Crippen molar-refractivity contribution in [3.63, 3.8) is 0 Å². The van der Waals surface area contributed by atoms with Gasteiger partial charge in [0, 0.05) is 12.7 Å². The van der Waals surface area contributed by atoms with Crippen LogP contribution in [0.15, 0.2) is 29.9 Å². The Bertz CT molecular complexity index is 704. The van der Waals surface area contributed by atoms with Gasteiger partial charge in [-0.25, -0.2) is 10.1 Å². The molecular weight excluding hydrogens is 272 g/mol. The molecule has 104 valence electrons. The van der Waals surface area contributed by atoms with E-state index < -0.39 is 0 Å². The molecule has 0 fully saturated rings. The van der Waals surface area contributed by atoms with Gasteiger partial charge >= 0.3 is 0 Å². The summed E-state index contributed by atoms with van der Waals surface area (Å²) in [5, 5.41) is 10.1. The van der Waals surface area contributed by atoms with Crippen LogP contribution in [-0.4, -0.2) is 20.0 Å². The summed E-state index contributed by atoms with van der Waals surface area (Å²) in [7, 11) is 0. The van der Waals surface area contributed by atoms with Gasteiger partial charge in [-0.3, -0.25) is 10.8 Å². The summed E-state index contributed by atoms with van der Waals surface area (Å²) < 4.78 is 3.03. The van der Waals surface area contributed by atoms with Gasteiger partial charge in [0.05, 0.1) is 28.1 Å². The Morgan fingerprint density at radius 1 is 1.45 bits per heavy atom. The Labute approximate surface area is 120 Å². The number of nitrogens with two attached hydrogens (primary N) is 1. The zero-order valence-electron chi connectivity index (χ0n) is 11.2. The summed E-state index contributed by atoms with van der Waals surface area (Å²) in [6, 6.07) is 3.97. The van der Waals surface area contributed by atoms with E-state index in [2.05, 4.69) is 33.7 Å². The van der Waals surface area contributed by atoms with Crippen molar-refractivity contribution in [2.75, 3.05) is 0 Å². The highest BCUT2D eigenvalue weighted by Crippen LogP contribution is 2.25. The number of aryl methyl sites for hydroxylation is 1. The third kappa shape index (κ3) is 2.31. The first-order valence-corrected chi connectivity index (χ1v) is 7.39. The minimum Gasteiger partial charge on any atom is -0.271 e. The lowest BCUT2D eigenvalue weighted by Gasteiger charge is -2.16. The quantitative estimate of drug-likeness (QED) is 0.553. The second-order valence-electron chi connectivity index (χ2n) is 4.55. The number of rotatable bonds is 5. The van der Waals surface area contributed by atoms with E-state index in [0.717, 1.165) is 34.4 Å². The van der Waals surface area contributed by atoms with Crippen LogP contribution in [0, 0.1) is 0 Å². The Balaban J connectivity index is 2.01. The summed E-state index contributed by atoms with van der Waals surface area (Å²) in [5.41, 5.74) is 5.82. The van der Waals surface area contributed by atoms with Crippen molar-refractivity contribution in [1.29, 1.82) is 0 Å². The third-order valence-electron chi connectivity index (χ3n) is 3.20. The van der Waals surface area contributed by atoms with E-state index in [0.29, 0.717) is 0 Å². The lowest BCUT2D eigenvalue weighted by Crippen LogP contribution is -2.30. The predicted molar refractivity (Wildman–Crippen MR) is 79.1 cm³/mol. The van der Waals surface area contributed by atoms with Gasteiger partial charge < -0.3 is 0 Å². The summed E-state index contributed by atoms with van der Waals surface area (Å²) in [5.74, 6) is 5.74. The lowest BCUT2D eigenvalue weighted by atomic mass is 10.1. The fourth-order valence-electron chi connectivity index (χ4n) is 2.25. The van der Waals surface area contributed by atoms with Crippen LogP contribution in [0.2, 0.25) is 0 Å². The highest BCUT2D eigenvalue weighted by Gasteiger charge is 2.18. The molecule has 20 heavy (non-hydrogen) atoms. The molecule has 0 bridgehead atoms. The normalized spacial score (nSPS) is 12.9. The predicted octanol–water partition coefficient (Wildman–Crippen LogP) is 1.85. The lowest BCUT2D eigenvalue weighted by molar-refractivity contribution is 0.511. The van der Waals surface area contributed by atoms with E-state index >= 15 is 0 Å². The van der Waals surface area contributed by atoms with E-state index in [1.54, 1.807) is 17.5 Å². The molecule has 0 aliphatic carbocycles. The van der Waals surface area contributed by atoms with Gasteiger partial charge in [-0.15, -0.1) is 16.4 Å². The number of fused-ring (bicyclic) bond motifs is 1. The average Bonchev–Trinajstić information content (AvgIpc) is 3.09. The molecule has 3 N–H and O–H groups in total. The zero-order chi connectivity index (χ0) is 13.9. The number of nitrogens with one attached hydrogen (secondary N) is 1. The highest BCUT2D eigenvalue weighted by atomic mass is 32.1. The number of hydrazine groups is 1. The summed E-state index contributed by atoms with van der Waals surface area (Å²) >= 11 is 1.67. The molecule has 0 spiro atoms. The van der Waals surface area contributed by atoms with E-state index in [-0.39, 0.29) is 6.04 Å². The average molecular weight is 288 g/mol. The van der Waals surface area contributed by atoms with Gasteiger partial charge in [0.25, 0.3) is 0 Å². The van der Waals surface area contributed by atoms with Crippen molar-refractivity contribution >= 4 is 21.6 Å². The van der Waals surface area contributed by atoms with Gasteiger partial charge in [0.2, 0.25) is 0 Å². The summed E-state index contributed by atoms with van der Waals surface area (Å²) in [6.07, 6.45) is 4.59. The SMILES string of the molecule is CCCn1nncc1C(NN)c1cnc2ccsc2c1. The van der Waals surface area contributed by atoms with Crippen LogP contribution in [0.3, 0.4) is 0 Å². The van der Waals surface area contributed by atoms with Gasteiger partial charge in [-0.1, -0.05) is 12.1 Å². The number of aromatic nitrogens is 4. The number of hydrogen-bond donors (Lipinski definition) is 2. The Kier molecular flexibility index (Phi) is 3.72. The van der Waals surface area contributed by atoms with Gasteiger partial charge in [0.15, 0.2) is 0 Å². The number of hydrogen-bond acceptors (Lipinski definition) is 6. The molecule has 0 aliphatic rings. The third-order valence-corrected chi connectivity index (χ3v) is 4.06. The number of nitrogens with zero attached hydrogens (tertiary/aromatic N) is 4. The van der Waals surface area contributed by atoms with Crippen molar-refractivity contribution in [2.24, 2.45) is 5.84 Å². The van der Waals surface area contributed by atoms with E-state index in [1.807, 2.05) is 22.3 Å². The molecule has 3 aromatic rings. The molecule has 0 radical (unpaired) electrons. The molecule has 1 atom stereocenters. The van der Waals surface area contributed by atoms with Crippen molar-refractivity contribution in [1.82, 2.24) is 25.4 Å². The Morgan fingerprint density at radius 3 is 3.15 bits per heavy atom. The van der Waals surface area contributed by atoms with E-state index in [9.17, 15) is 0 Å². The van der Waals surface area contributed by atoms with Crippen molar-refractivity contribution < 1.29 is 0 Å². The summed E-state index contributed by atoms with van der Waals surface area (Å²) in [4.78, 5) is 4.46. The summed E-state index contributed by atoms with van der Waals surface area (Å²) in [6.45, 7) is 2.93. The van der Waals surface area contributed by atoms with E-state index in [1.165, 1.54) is 0 Å². The first kappa shape index (κ1) is 13.2. The monoisotopic (exact) mass is 288 g/mol. The fraction of sp³-hybridized carbons (Fsp3) is 0.308. The first-order chi connectivity index (χ1) is 9.83. The minimum atomic E-state index is -0.157. The van der Waals surface area contributed by atoms with Crippen molar-refractivity contribution in [3.8, 4) is 0 Å². The Morgan fingerprint density at radius 2 is 2.35 bits per heavy atom. The van der Waals surface area contributed by atoms with E-state index in [4.69, 9.17) is 5.84 Å². The van der Waals surface area contributed by atoms with Gasteiger partial charge in [-0.05, 0) is 29.5 Å². The van der Waals surface area contributed by atoms with Crippen LogP contribution in [0.1, 0.15) is 30.6 Å². The Hall–Kier alpha value is -1.83. The molecule has 3 aromatic heterocycles. The molecule has 0 aliphatic heterocycles. The zero-order valence-corrected chi connectivity index (χ0v) is 12.0.